The molecule has 1 aromatic rings. The van der Waals surface area contributed by atoms with Gasteiger partial charge in [-0.05, 0) is 34.1 Å². The second kappa shape index (κ2) is 10.3. The van der Waals surface area contributed by atoms with Gasteiger partial charge in [-0.3, -0.25) is 0 Å². The molecule has 1 rings (SSSR count). The van der Waals surface area contributed by atoms with E-state index in [1.807, 2.05) is 0 Å². The van der Waals surface area contributed by atoms with Crippen molar-refractivity contribution in [3.8, 4) is 5.75 Å². The minimum atomic E-state index is -0.830. The van der Waals surface area contributed by atoms with E-state index < -0.39 is 17.9 Å². The van der Waals surface area contributed by atoms with Gasteiger partial charge in [0.15, 0.2) is 0 Å². The summed E-state index contributed by atoms with van der Waals surface area (Å²) in [5, 5.41) is 0. The highest BCUT2D eigenvalue weighted by molar-refractivity contribution is 9.10. The first-order valence-corrected chi connectivity index (χ1v) is 7.78. The van der Waals surface area contributed by atoms with E-state index >= 15 is 0 Å². The summed E-state index contributed by atoms with van der Waals surface area (Å²) in [5.41, 5.74) is 0.171. The molecule has 0 fully saturated rings. The van der Waals surface area contributed by atoms with Gasteiger partial charge in [0.2, 0.25) is 0 Å². The van der Waals surface area contributed by atoms with Crippen LogP contribution in [0.15, 0.2) is 40.4 Å². The molecule has 0 saturated carbocycles. The minimum absolute atomic E-state index is 0.0737. The molecular weight excluding hydrogens is 396 g/mol. The van der Waals surface area contributed by atoms with Gasteiger partial charge in [-0.25, -0.2) is 14.4 Å². The van der Waals surface area contributed by atoms with Crippen molar-refractivity contribution in [1.29, 1.82) is 0 Å². The lowest BCUT2D eigenvalue weighted by Gasteiger charge is -2.11. The number of esters is 3. The highest BCUT2D eigenvalue weighted by Crippen LogP contribution is 2.31. The highest BCUT2D eigenvalue weighted by atomic mass is 79.9. The van der Waals surface area contributed by atoms with E-state index in [-0.39, 0.29) is 12.2 Å². The number of carbonyl (C=O) groups is 3. The zero-order chi connectivity index (χ0) is 18.8. The summed E-state index contributed by atoms with van der Waals surface area (Å²) in [4.78, 5) is 34.6. The Morgan fingerprint density at radius 2 is 1.68 bits per heavy atom. The fraction of sp³-hybridized carbons (Fsp3) is 0.235. The van der Waals surface area contributed by atoms with Gasteiger partial charge < -0.3 is 18.9 Å². The predicted molar refractivity (Wildman–Crippen MR) is 92.8 cm³/mol. The molecule has 0 bridgehead atoms. The van der Waals surface area contributed by atoms with Gasteiger partial charge in [0.1, 0.15) is 17.9 Å². The summed E-state index contributed by atoms with van der Waals surface area (Å²) in [6, 6.07) is 5.09. The van der Waals surface area contributed by atoms with Crippen LogP contribution in [0.4, 0.5) is 0 Å². The summed E-state index contributed by atoms with van der Waals surface area (Å²) in [6.07, 6.45) is 4.00. The molecule has 0 aromatic heterocycles. The highest BCUT2D eigenvalue weighted by Gasteiger charge is 2.21. The molecule has 134 valence electrons. The maximum atomic E-state index is 11.8. The molecule has 7 nitrogen and oxygen atoms in total. The molecule has 0 heterocycles. The number of methoxy groups -OCH3 is 3. The van der Waals surface area contributed by atoms with Crippen molar-refractivity contribution in [3.05, 3.63) is 46.0 Å². The van der Waals surface area contributed by atoms with Crippen LogP contribution in [0.3, 0.4) is 0 Å². The third-order valence-corrected chi connectivity index (χ3v) is 3.51. The Hall–Kier alpha value is -2.61. The van der Waals surface area contributed by atoms with Crippen LogP contribution in [-0.4, -0.2) is 45.8 Å². The fourth-order valence-corrected chi connectivity index (χ4v) is 2.21. The third-order valence-electron chi connectivity index (χ3n) is 2.89. The maximum Gasteiger partial charge on any atom is 0.345 e. The van der Waals surface area contributed by atoms with Gasteiger partial charge in [-0.1, -0.05) is 12.1 Å². The lowest BCUT2D eigenvalue weighted by molar-refractivity contribution is -0.144. The number of carbonyl (C=O) groups excluding carboxylic acids is 3. The smallest absolute Gasteiger partial charge is 0.345 e. The van der Waals surface area contributed by atoms with Crippen molar-refractivity contribution in [3.63, 3.8) is 0 Å². The van der Waals surface area contributed by atoms with Crippen LogP contribution in [0, 0.1) is 0 Å². The number of benzene rings is 1. The van der Waals surface area contributed by atoms with Crippen molar-refractivity contribution >= 4 is 39.9 Å². The average molecular weight is 413 g/mol. The molecule has 8 heteroatoms. The van der Waals surface area contributed by atoms with Gasteiger partial charge in [-0.15, -0.1) is 0 Å². The largest absolute Gasteiger partial charge is 0.488 e. The predicted octanol–water partition coefficient (Wildman–Crippen LogP) is 2.29. The Morgan fingerprint density at radius 1 is 1.04 bits per heavy atom. The van der Waals surface area contributed by atoms with Crippen LogP contribution in [0.2, 0.25) is 0 Å². The Balaban J connectivity index is 3.14. The van der Waals surface area contributed by atoms with Crippen molar-refractivity contribution < 1.29 is 33.3 Å². The molecular formula is C17H17BrO7. The zero-order valence-corrected chi connectivity index (χ0v) is 15.5. The van der Waals surface area contributed by atoms with Crippen molar-refractivity contribution in [2.45, 2.75) is 0 Å². The number of hydrogen-bond donors (Lipinski definition) is 0. The van der Waals surface area contributed by atoms with Crippen LogP contribution >= 0.6 is 15.9 Å². The molecule has 0 N–H and O–H groups in total. The quantitative estimate of drug-likeness (QED) is 0.223. The van der Waals surface area contributed by atoms with Gasteiger partial charge in [0.25, 0.3) is 0 Å². The zero-order valence-electron chi connectivity index (χ0n) is 13.9. The van der Waals surface area contributed by atoms with Crippen LogP contribution < -0.4 is 4.74 Å². The van der Waals surface area contributed by atoms with E-state index in [0.29, 0.717) is 15.8 Å². The van der Waals surface area contributed by atoms with Crippen LogP contribution in [0.5, 0.6) is 5.75 Å². The van der Waals surface area contributed by atoms with Gasteiger partial charge >= 0.3 is 17.9 Å². The molecule has 25 heavy (non-hydrogen) atoms. The molecule has 0 atom stereocenters. The molecule has 0 spiro atoms. The van der Waals surface area contributed by atoms with E-state index in [1.165, 1.54) is 25.3 Å². The van der Waals surface area contributed by atoms with Crippen LogP contribution in [-0.2, 0) is 28.6 Å². The Labute approximate surface area is 153 Å². The standard InChI is InChI=1S/C17H17BrO7/c1-22-14(19)8-5-9-25-15-11(6-4-7-13(15)18)10-12(16(20)23-2)17(21)24-3/h4-8,10H,9H2,1-3H3/b8-5+. The van der Waals surface area contributed by atoms with E-state index in [4.69, 9.17) is 4.74 Å². The first kappa shape index (κ1) is 20.4. The lowest BCUT2D eigenvalue weighted by Crippen LogP contribution is -2.15. The third kappa shape index (κ3) is 6.07. The lowest BCUT2D eigenvalue weighted by atomic mass is 10.1. The molecule has 0 unspecified atom stereocenters. The van der Waals surface area contributed by atoms with Gasteiger partial charge in [0, 0.05) is 11.6 Å². The van der Waals surface area contributed by atoms with E-state index in [2.05, 4.69) is 30.1 Å². The van der Waals surface area contributed by atoms with Crippen LogP contribution in [0.1, 0.15) is 5.56 Å². The Kier molecular flexibility index (Phi) is 8.42. The van der Waals surface area contributed by atoms with E-state index in [1.54, 1.807) is 18.2 Å². The molecule has 0 aliphatic rings. The monoisotopic (exact) mass is 412 g/mol. The summed E-state index contributed by atoms with van der Waals surface area (Å²) < 4.78 is 19.9. The number of halogens is 1. The molecule has 0 saturated heterocycles. The maximum absolute atomic E-state index is 11.8. The van der Waals surface area contributed by atoms with Crippen LogP contribution in [0.25, 0.3) is 6.08 Å². The topological polar surface area (TPSA) is 88.1 Å². The van der Waals surface area contributed by atoms with Gasteiger partial charge in [0.05, 0.1) is 25.8 Å². The van der Waals surface area contributed by atoms with Crippen molar-refractivity contribution in [2.24, 2.45) is 0 Å². The number of hydrogen-bond acceptors (Lipinski definition) is 7. The summed E-state index contributed by atoms with van der Waals surface area (Å²) in [5.74, 6) is -1.79. The average Bonchev–Trinajstić information content (AvgIpc) is 2.63. The Morgan fingerprint density at radius 3 is 2.24 bits per heavy atom. The first-order chi connectivity index (χ1) is 11.9. The second-order valence-corrected chi connectivity index (χ2v) is 5.29. The van der Waals surface area contributed by atoms with Gasteiger partial charge in [-0.2, -0.15) is 0 Å². The number of ether oxygens (including phenoxy) is 4. The molecule has 0 aliphatic carbocycles. The Bertz CT molecular complexity index is 689. The molecule has 0 aliphatic heterocycles. The number of para-hydroxylation sites is 1. The molecule has 0 amide bonds. The SMILES string of the molecule is COC(=O)/C=C/COc1c(Br)cccc1C=C(C(=O)OC)C(=O)OC. The van der Waals surface area contributed by atoms with Crippen molar-refractivity contribution in [2.75, 3.05) is 27.9 Å². The fourth-order valence-electron chi connectivity index (χ4n) is 1.71. The number of rotatable bonds is 7. The van der Waals surface area contributed by atoms with E-state index in [0.717, 1.165) is 14.2 Å². The van der Waals surface area contributed by atoms with Crippen molar-refractivity contribution in [1.82, 2.24) is 0 Å². The minimum Gasteiger partial charge on any atom is -0.488 e. The first-order valence-electron chi connectivity index (χ1n) is 6.98. The normalized spacial score (nSPS) is 10.1. The second-order valence-electron chi connectivity index (χ2n) is 4.44. The summed E-state index contributed by atoms with van der Waals surface area (Å²) in [7, 11) is 3.59. The molecule has 1 aromatic carbocycles. The van der Waals surface area contributed by atoms with E-state index in [9.17, 15) is 14.4 Å². The summed E-state index contributed by atoms with van der Waals surface area (Å²) >= 11 is 3.34. The summed E-state index contributed by atoms with van der Waals surface area (Å²) in [6.45, 7) is 0.0737. The molecule has 0 radical (unpaired) electrons.